The fraction of sp³-hybridized carbons (Fsp3) is 0.125. The Morgan fingerprint density at radius 3 is 2.60 bits per heavy atom. The number of rotatable bonds is 2. The van der Waals surface area contributed by atoms with Crippen LogP contribution in [0.4, 0.5) is 0 Å². The summed E-state index contributed by atoms with van der Waals surface area (Å²) in [6.45, 7) is 0.796. The zero-order chi connectivity index (χ0) is 7.23. The molecule has 0 bridgehead atoms. The van der Waals surface area contributed by atoms with Crippen LogP contribution in [0.2, 0.25) is 0 Å². The summed E-state index contributed by atoms with van der Waals surface area (Å²) in [6.07, 6.45) is 0. The molecule has 1 aromatic carbocycles. The molecule has 1 rings (SSSR count). The first-order valence-corrected chi connectivity index (χ1v) is 3.54. The van der Waals surface area contributed by atoms with E-state index in [1.165, 1.54) is 5.56 Å². The molecular formula is C8H8NP. The summed E-state index contributed by atoms with van der Waals surface area (Å²) in [5.74, 6) is 2.56. The van der Waals surface area contributed by atoms with Crippen molar-refractivity contribution in [1.29, 1.82) is 0 Å². The van der Waals surface area contributed by atoms with E-state index in [-0.39, 0.29) is 0 Å². The first-order chi connectivity index (χ1) is 4.93. The second kappa shape index (κ2) is 4.24. The molecule has 0 aliphatic rings. The molecule has 0 atom stereocenters. The molecular weight excluding hydrogens is 141 g/mol. The number of hydrogen-bond acceptors (Lipinski definition) is 1. The van der Waals surface area contributed by atoms with Crippen molar-refractivity contribution in [3.05, 3.63) is 35.9 Å². The third kappa shape index (κ3) is 2.33. The van der Waals surface area contributed by atoms with Gasteiger partial charge in [0.15, 0.2) is 0 Å². The summed E-state index contributed by atoms with van der Waals surface area (Å²) in [5, 5.41) is 2.88. The maximum absolute atomic E-state index is 3.79. The normalized spacial score (nSPS) is 8.70. The molecule has 2 heteroatoms. The van der Waals surface area contributed by atoms with Crippen LogP contribution in [0.1, 0.15) is 5.56 Å². The average molecular weight is 149 g/mol. The Balaban J connectivity index is 2.52. The van der Waals surface area contributed by atoms with Gasteiger partial charge in [-0.2, -0.15) is 0 Å². The van der Waals surface area contributed by atoms with E-state index in [9.17, 15) is 0 Å². The molecule has 50 valence electrons. The van der Waals surface area contributed by atoms with Gasteiger partial charge < -0.3 is 0 Å². The first-order valence-electron chi connectivity index (χ1n) is 3.09. The molecule has 0 radical (unpaired) electrons. The Labute approximate surface area is 63.0 Å². The van der Waals surface area contributed by atoms with Gasteiger partial charge in [-0.1, -0.05) is 0 Å². The topological polar surface area (TPSA) is 12.0 Å². The van der Waals surface area contributed by atoms with Gasteiger partial charge in [-0.25, -0.2) is 0 Å². The van der Waals surface area contributed by atoms with Gasteiger partial charge in [-0.3, -0.25) is 0 Å². The van der Waals surface area contributed by atoms with Gasteiger partial charge in [0, 0.05) is 0 Å². The molecule has 0 unspecified atom stereocenters. The summed E-state index contributed by atoms with van der Waals surface area (Å²) in [6, 6.07) is 10.1. The van der Waals surface area contributed by atoms with Crippen LogP contribution in [0.3, 0.4) is 0 Å². The van der Waals surface area contributed by atoms with Crippen molar-refractivity contribution in [3.8, 4) is 5.75 Å². The molecule has 0 fully saturated rings. The van der Waals surface area contributed by atoms with Crippen LogP contribution in [0.25, 0.3) is 0 Å². The third-order valence-corrected chi connectivity index (χ3v) is 1.37. The summed E-state index contributed by atoms with van der Waals surface area (Å²) in [4.78, 5) is 0. The zero-order valence-corrected chi connectivity index (χ0v) is 6.44. The van der Waals surface area contributed by atoms with E-state index in [1.54, 1.807) is 0 Å². The van der Waals surface area contributed by atoms with Crippen LogP contribution in [0.15, 0.2) is 30.3 Å². The monoisotopic (exact) mass is 149 g/mol. The zero-order valence-electron chi connectivity index (χ0n) is 5.54. The van der Waals surface area contributed by atoms with Gasteiger partial charge in [0.2, 0.25) is 0 Å². The summed E-state index contributed by atoms with van der Waals surface area (Å²) in [5.41, 5.74) is 1.24. The van der Waals surface area contributed by atoms with Crippen LogP contribution >= 0.6 is 8.70 Å². The summed E-state index contributed by atoms with van der Waals surface area (Å²) >= 11 is 0. The molecule has 0 aliphatic carbocycles. The number of hydrogen-bond donors (Lipinski definition) is 1. The van der Waals surface area contributed by atoms with Crippen molar-refractivity contribution in [2.24, 2.45) is 0 Å². The Bertz CT molecular complexity index is 225. The van der Waals surface area contributed by atoms with Crippen molar-refractivity contribution in [3.63, 3.8) is 0 Å². The van der Waals surface area contributed by atoms with Crippen LogP contribution in [0.5, 0.6) is 0 Å². The molecule has 0 aromatic heterocycles. The number of benzene rings is 1. The minimum atomic E-state index is 0.796. The van der Waals surface area contributed by atoms with Crippen LogP contribution in [0, 0.1) is 5.75 Å². The Kier molecular flexibility index (Phi) is 3.18. The molecule has 0 saturated carbocycles. The molecule has 0 saturated heterocycles. The Hall–Kier alpha value is -0.610. The van der Waals surface area contributed by atoms with Crippen LogP contribution < -0.4 is 5.32 Å². The van der Waals surface area contributed by atoms with Crippen LogP contribution in [-0.2, 0) is 6.54 Å². The second-order valence-corrected chi connectivity index (χ2v) is 2.17. The van der Waals surface area contributed by atoms with E-state index >= 15 is 0 Å². The van der Waals surface area contributed by atoms with E-state index in [0.717, 1.165) is 6.54 Å². The van der Waals surface area contributed by atoms with Gasteiger partial charge in [-0.15, -0.1) is 0 Å². The minimum absolute atomic E-state index is 0.796. The Morgan fingerprint density at radius 2 is 2.00 bits per heavy atom. The molecule has 0 amide bonds. The van der Waals surface area contributed by atoms with Crippen molar-refractivity contribution < 1.29 is 0 Å². The molecule has 10 heavy (non-hydrogen) atoms. The Morgan fingerprint density at radius 1 is 1.30 bits per heavy atom. The van der Waals surface area contributed by atoms with E-state index in [4.69, 9.17) is 0 Å². The fourth-order valence-corrected chi connectivity index (χ4v) is 0.817. The molecule has 1 aromatic rings. The van der Waals surface area contributed by atoms with Gasteiger partial charge in [0.25, 0.3) is 0 Å². The second-order valence-electron chi connectivity index (χ2n) is 1.95. The predicted molar refractivity (Wildman–Crippen MR) is 44.1 cm³/mol. The SMILES string of the molecule is P#CNCc1ccccc1. The van der Waals surface area contributed by atoms with Crippen molar-refractivity contribution in [1.82, 2.24) is 5.32 Å². The van der Waals surface area contributed by atoms with E-state index in [1.807, 2.05) is 18.2 Å². The summed E-state index contributed by atoms with van der Waals surface area (Å²) in [7, 11) is 3.79. The standard InChI is InChI=1S/C8H8NP/c10-7-9-6-8-4-2-1-3-5-8/h1-5,9H,6H2. The van der Waals surface area contributed by atoms with Gasteiger partial charge in [0.05, 0.1) is 0 Å². The van der Waals surface area contributed by atoms with E-state index in [0.29, 0.717) is 0 Å². The molecule has 0 spiro atoms. The van der Waals surface area contributed by atoms with E-state index < -0.39 is 0 Å². The third-order valence-electron chi connectivity index (χ3n) is 1.21. The fourth-order valence-electron chi connectivity index (χ4n) is 0.737. The van der Waals surface area contributed by atoms with Crippen molar-refractivity contribution in [2.75, 3.05) is 0 Å². The predicted octanol–water partition coefficient (Wildman–Crippen LogP) is 2.10. The van der Waals surface area contributed by atoms with Gasteiger partial charge in [-0.05, 0) is 0 Å². The molecule has 0 heterocycles. The molecule has 1 nitrogen and oxygen atoms in total. The maximum atomic E-state index is 3.79. The molecule has 0 aliphatic heterocycles. The van der Waals surface area contributed by atoms with Gasteiger partial charge >= 0.3 is 62.2 Å². The van der Waals surface area contributed by atoms with Crippen LogP contribution in [-0.4, -0.2) is 0 Å². The molecule has 1 N–H and O–H groups in total. The van der Waals surface area contributed by atoms with Gasteiger partial charge in [0.1, 0.15) is 0 Å². The first kappa shape index (κ1) is 7.50. The van der Waals surface area contributed by atoms with Crippen molar-refractivity contribution in [2.45, 2.75) is 6.54 Å². The number of nitrogens with one attached hydrogen (secondary N) is 1. The average Bonchev–Trinajstić information content (AvgIpc) is 2.03. The quantitative estimate of drug-likeness (QED) is 0.501. The summed E-state index contributed by atoms with van der Waals surface area (Å²) < 4.78 is 0. The van der Waals surface area contributed by atoms with E-state index in [2.05, 4.69) is 31.9 Å². The van der Waals surface area contributed by atoms with Crippen molar-refractivity contribution >= 4 is 8.70 Å².